The fourth-order valence-corrected chi connectivity index (χ4v) is 2.55. The quantitative estimate of drug-likeness (QED) is 0.861. The van der Waals surface area contributed by atoms with E-state index in [1.54, 1.807) is 25.6 Å². The van der Waals surface area contributed by atoms with Gasteiger partial charge in [-0.1, -0.05) is 42.1 Å². The summed E-state index contributed by atoms with van der Waals surface area (Å²) in [7, 11) is 2.00. The lowest BCUT2D eigenvalue weighted by Crippen LogP contribution is -2.21. The maximum atomic E-state index is 9.74. The van der Waals surface area contributed by atoms with Crippen molar-refractivity contribution in [3.8, 4) is 11.3 Å². The Kier molecular flexibility index (Phi) is 3.78. The Hall–Kier alpha value is -1.26. The molecule has 1 N–H and O–H groups in total. The molecule has 0 aliphatic rings. The molecule has 96 valence electrons. The van der Waals surface area contributed by atoms with Crippen LogP contribution in [-0.4, -0.2) is 26.0 Å². The summed E-state index contributed by atoms with van der Waals surface area (Å²) in [6.45, 7) is 3.61. The number of aromatic nitrogens is 2. The number of nitrogens with zero attached hydrogens (tertiary/aromatic N) is 2. The van der Waals surface area contributed by atoms with Crippen molar-refractivity contribution >= 4 is 11.8 Å². The largest absolute Gasteiger partial charge is 0.390 e. The third-order valence-corrected chi connectivity index (χ3v) is 4.06. The molecular weight excluding hydrogens is 244 g/mol. The van der Waals surface area contributed by atoms with Crippen molar-refractivity contribution in [2.45, 2.75) is 24.6 Å². The summed E-state index contributed by atoms with van der Waals surface area (Å²) in [4.78, 5) is 4.41. The van der Waals surface area contributed by atoms with Gasteiger partial charge in [0.15, 0.2) is 5.16 Å². The Morgan fingerprint density at radius 1 is 1.28 bits per heavy atom. The molecular formula is C14H18N2OS. The van der Waals surface area contributed by atoms with Crippen LogP contribution in [0.4, 0.5) is 0 Å². The van der Waals surface area contributed by atoms with Gasteiger partial charge in [0.2, 0.25) is 0 Å². The van der Waals surface area contributed by atoms with Crippen LogP contribution in [0.2, 0.25) is 0 Å². The number of imidazole rings is 1. The SMILES string of the molecule is Cn1c(-c2ccccc2)cnc1SCC(C)(C)O. The zero-order chi connectivity index (χ0) is 13.2. The topological polar surface area (TPSA) is 38.0 Å². The summed E-state index contributed by atoms with van der Waals surface area (Å²) in [5.41, 5.74) is 1.57. The Morgan fingerprint density at radius 3 is 2.56 bits per heavy atom. The van der Waals surface area contributed by atoms with E-state index in [2.05, 4.69) is 21.7 Å². The second-order valence-electron chi connectivity index (χ2n) is 4.95. The number of thioether (sulfide) groups is 1. The predicted molar refractivity (Wildman–Crippen MR) is 75.7 cm³/mol. The second kappa shape index (κ2) is 5.16. The van der Waals surface area contributed by atoms with Crippen molar-refractivity contribution in [2.75, 3.05) is 5.75 Å². The molecule has 2 rings (SSSR count). The van der Waals surface area contributed by atoms with Gasteiger partial charge in [0.25, 0.3) is 0 Å². The minimum atomic E-state index is -0.677. The van der Waals surface area contributed by atoms with Crippen LogP contribution in [0.3, 0.4) is 0 Å². The van der Waals surface area contributed by atoms with Gasteiger partial charge in [-0.3, -0.25) is 0 Å². The first-order chi connectivity index (χ1) is 8.47. The molecule has 0 saturated carbocycles. The Labute approximate surface area is 112 Å². The first-order valence-electron chi connectivity index (χ1n) is 5.90. The molecule has 0 aliphatic carbocycles. The molecule has 1 heterocycles. The molecule has 0 unspecified atom stereocenters. The van der Waals surface area contributed by atoms with Crippen molar-refractivity contribution in [2.24, 2.45) is 7.05 Å². The lowest BCUT2D eigenvalue weighted by atomic mass is 10.2. The van der Waals surface area contributed by atoms with E-state index < -0.39 is 5.60 Å². The average molecular weight is 262 g/mol. The van der Waals surface area contributed by atoms with Crippen molar-refractivity contribution in [3.05, 3.63) is 36.5 Å². The van der Waals surface area contributed by atoms with Gasteiger partial charge in [-0.15, -0.1) is 0 Å². The van der Waals surface area contributed by atoms with E-state index in [4.69, 9.17) is 0 Å². The van der Waals surface area contributed by atoms with Gasteiger partial charge in [-0.05, 0) is 19.4 Å². The average Bonchev–Trinajstić information content (AvgIpc) is 2.68. The molecule has 0 atom stereocenters. The van der Waals surface area contributed by atoms with E-state index in [0.29, 0.717) is 5.75 Å². The molecule has 3 nitrogen and oxygen atoms in total. The standard InChI is InChI=1S/C14H18N2OS/c1-14(2,17)10-18-13-15-9-12(16(13)3)11-7-5-4-6-8-11/h4-9,17H,10H2,1-3H3. The highest BCUT2D eigenvalue weighted by Gasteiger charge is 2.16. The van der Waals surface area contributed by atoms with Crippen LogP contribution < -0.4 is 0 Å². The molecule has 4 heteroatoms. The zero-order valence-corrected chi connectivity index (χ0v) is 11.7. The van der Waals surface area contributed by atoms with Crippen LogP contribution in [0.1, 0.15) is 13.8 Å². The number of rotatable bonds is 4. The smallest absolute Gasteiger partial charge is 0.168 e. The van der Waals surface area contributed by atoms with Crippen molar-refractivity contribution in [3.63, 3.8) is 0 Å². The number of hydrogen-bond donors (Lipinski definition) is 1. The van der Waals surface area contributed by atoms with E-state index in [9.17, 15) is 5.11 Å². The molecule has 0 spiro atoms. The van der Waals surface area contributed by atoms with Crippen LogP contribution in [0, 0.1) is 0 Å². The third kappa shape index (κ3) is 3.15. The Morgan fingerprint density at radius 2 is 1.94 bits per heavy atom. The summed E-state index contributed by atoms with van der Waals surface area (Å²) >= 11 is 1.57. The minimum Gasteiger partial charge on any atom is -0.390 e. The van der Waals surface area contributed by atoms with E-state index in [1.807, 2.05) is 31.4 Å². The molecule has 0 amide bonds. The van der Waals surface area contributed by atoms with Crippen LogP contribution in [0.5, 0.6) is 0 Å². The van der Waals surface area contributed by atoms with Crippen LogP contribution >= 0.6 is 11.8 Å². The number of hydrogen-bond acceptors (Lipinski definition) is 3. The van der Waals surface area contributed by atoms with Gasteiger partial charge in [-0.2, -0.15) is 0 Å². The number of benzene rings is 1. The van der Waals surface area contributed by atoms with Crippen LogP contribution in [-0.2, 0) is 7.05 Å². The second-order valence-corrected chi connectivity index (χ2v) is 5.89. The minimum absolute atomic E-state index is 0.631. The maximum absolute atomic E-state index is 9.74. The fraction of sp³-hybridized carbons (Fsp3) is 0.357. The zero-order valence-electron chi connectivity index (χ0n) is 10.9. The predicted octanol–water partition coefficient (Wildman–Crippen LogP) is 2.95. The van der Waals surface area contributed by atoms with Crippen molar-refractivity contribution < 1.29 is 5.11 Å². The third-order valence-electron chi connectivity index (χ3n) is 2.57. The lowest BCUT2D eigenvalue weighted by Gasteiger charge is -2.15. The van der Waals surface area contributed by atoms with Gasteiger partial charge in [0, 0.05) is 12.8 Å². The van der Waals surface area contributed by atoms with Gasteiger partial charge >= 0.3 is 0 Å². The molecule has 18 heavy (non-hydrogen) atoms. The van der Waals surface area contributed by atoms with E-state index in [1.165, 1.54) is 0 Å². The van der Waals surface area contributed by atoms with Gasteiger partial charge < -0.3 is 9.67 Å². The monoisotopic (exact) mass is 262 g/mol. The molecule has 0 aliphatic heterocycles. The van der Waals surface area contributed by atoms with E-state index >= 15 is 0 Å². The Bertz CT molecular complexity index is 514. The van der Waals surface area contributed by atoms with Crippen molar-refractivity contribution in [1.29, 1.82) is 0 Å². The molecule has 0 bridgehead atoms. The summed E-state index contributed by atoms with van der Waals surface area (Å²) in [6, 6.07) is 10.2. The highest BCUT2D eigenvalue weighted by Crippen LogP contribution is 2.26. The normalized spacial score (nSPS) is 11.8. The lowest BCUT2D eigenvalue weighted by molar-refractivity contribution is 0.107. The summed E-state index contributed by atoms with van der Waals surface area (Å²) in [5, 5.41) is 10.7. The molecule has 1 aromatic carbocycles. The highest BCUT2D eigenvalue weighted by atomic mass is 32.2. The summed E-state index contributed by atoms with van der Waals surface area (Å²) in [5.74, 6) is 0.631. The summed E-state index contributed by atoms with van der Waals surface area (Å²) < 4.78 is 2.06. The molecule has 0 radical (unpaired) electrons. The van der Waals surface area contributed by atoms with Gasteiger partial charge in [0.05, 0.1) is 17.5 Å². The van der Waals surface area contributed by atoms with Crippen LogP contribution in [0.15, 0.2) is 41.7 Å². The van der Waals surface area contributed by atoms with Crippen molar-refractivity contribution in [1.82, 2.24) is 9.55 Å². The van der Waals surface area contributed by atoms with E-state index in [0.717, 1.165) is 16.4 Å². The van der Waals surface area contributed by atoms with E-state index in [-0.39, 0.29) is 0 Å². The van der Waals surface area contributed by atoms with Crippen LogP contribution in [0.25, 0.3) is 11.3 Å². The molecule has 0 saturated heterocycles. The Balaban J connectivity index is 2.19. The maximum Gasteiger partial charge on any atom is 0.168 e. The molecule has 0 fully saturated rings. The highest BCUT2D eigenvalue weighted by molar-refractivity contribution is 7.99. The molecule has 1 aromatic heterocycles. The van der Waals surface area contributed by atoms with Gasteiger partial charge in [0.1, 0.15) is 0 Å². The first kappa shape index (κ1) is 13.2. The van der Waals surface area contributed by atoms with Gasteiger partial charge in [-0.25, -0.2) is 4.98 Å². The first-order valence-corrected chi connectivity index (χ1v) is 6.88. The molecule has 2 aromatic rings. The fourth-order valence-electron chi connectivity index (χ4n) is 1.64. The summed E-state index contributed by atoms with van der Waals surface area (Å²) in [6.07, 6.45) is 1.88. The number of aliphatic hydroxyl groups is 1.